The number of hydrazone groups is 1. The first kappa shape index (κ1) is 8.44. The second-order valence-electron chi connectivity index (χ2n) is 2.89. The van der Waals surface area contributed by atoms with Crippen molar-refractivity contribution in [2.45, 2.75) is 19.8 Å². The highest BCUT2D eigenvalue weighted by atomic mass is 32.1. The first-order valence-corrected chi connectivity index (χ1v) is 5.05. The fraction of sp³-hybridized carbons (Fsp3) is 0.333. The van der Waals surface area contributed by atoms with Crippen molar-refractivity contribution in [2.75, 3.05) is 0 Å². The average Bonchev–Trinajstić information content (AvgIpc) is 2.71. The van der Waals surface area contributed by atoms with Crippen LogP contribution in [0.3, 0.4) is 0 Å². The number of carbonyl (C=O) groups is 1. The number of thiophene rings is 1. The van der Waals surface area contributed by atoms with Gasteiger partial charge in [-0.3, -0.25) is 4.79 Å². The molecular formula is C9H10N2OS. The lowest BCUT2D eigenvalue weighted by atomic mass is 10.2. The molecule has 2 heterocycles. The Labute approximate surface area is 80.5 Å². The maximum Gasteiger partial charge on any atom is 0.246 e. The van der Waals surface area contributed by atoms with Crippen LogP contribution in [0, 0.1) is 0 Å². The molecule has 0 spiro atoms. The van der Waals surface area contributed by atoms with Gasteiger partial charge in [0.05, 0.1) is 17.0 Å². The third-order valence-corrected chi connectivity index (χ3v) is 3.22. The summed E-state index contributed by atoms with van der Waals surface area (Å²) in [4.78, 5) is 13.3. The molecule has 0 aliphatic carbocycles. The van der Waals surface area contributed by atoms with Gasteiger partial charge in [-0.05, 0) is 18.6 Å². The van der Waals surface area contributed by atoms with E-state index < -0.39 is 0 Å². The molecule has 1 amide bonds. The van der Waals surface area contributed by atoms with Crippen LogP contribution >= 0.6 is 11.3 Å². The summed E-state index contributed by atoms with van der Waals surface area (Å²) in [6.07, 6.45) is 1.46. The van der Waals surface area contributed by atoms with E-state index in [1.54, 1.807) is 11.3 Å². The van der Waals surface area contributed by atoms with Crippen LogP contribution in [0.2, 0.25) is 0 Å². The highest BCUT2D eigenvalue weighted by Crippen LogP contribution is 2.20. The third kappa shape index (κ3) is 1.62. The molecule has 1 aromatic heterocycles. The molecule has 1 aliphatic heterocycles. The maximum atomic E-state index is 10.9. The summed E-state index contributed by atoms with van der Waals surface area (Å²) in [5.74, 6) is -0.0125. The van der Waals surface area contributed by atoms with Gasteiger partial charge in [0.2, 0.25) is 5.91 Å². The lowest BCUT2D eigenvalue weighted by Crippen LogP contribution is -2.09. The molecule has 1 N–H and O–H groups in total. The molecular weight excluding hydrogens is 184 g/mol. The summed E-state index contributed by atoms with van der Waals surface area (Å²) >= 11 is 1.71. The number of nitrogens with one attached hydrogen (secondary N) is 1. The van der Waals surface area contributed by atoms with Crippen LogP contribution in [0.1, 0.15) is 23.1 Å². The first-order chi connectivity index (χ1) is 6.29. The van der Waals surface area contributed by atoms with Gasteiger partial charge < -0.3 is 0 Å². The predicted octanol–water partition coefficient (Wildman–Crippen LogP) is 1.53. The van der Waals surface area contributed by atoms with Crippen LogP contribution in [0.5, 0.6) is 0 Å². The monoisotopic (exact) mass is 194 g/mol. The zero-order valence-corrected chi connectivity index (χ0v) is 8.15. The Balaban J connectivity index is 2.21. The average molecular weight is 194 g/mol. The highest BCUT2D eigenvalue weighted by Gasteiger charge is 2.17. The molecule has 68 valence electrons. The minimum Gasteiger partial charge on any atom is -0.273 e. The van der Waals surface area contributed by atoms with Crippen molar-refractivity contribution in [3.05, 3.63) is 21.9 Å². The number of rotatable bonds is 2. The van der Waals surface area contributed by atoms with Gasteiger partial charge in [-0.25, -0.2) is 5.43 Å². The number of hydrogen-bond donors (Lipinski definition) is 1. The quantitative estimate of drug-likeness (QED) is 0.762. The van der Waals surface area contributed by atoms with Gasteiger partial charge in [0.1, 0.15) is 0 Å². The smallest absolute Gasteiger partial charge is 0.246 e. The Morgan fingerprint density at radius 2 is 2.46 bits per heavy atom. The Morgan fingerprint density at radius 1 is 1.62 bits per heavy atom. The molecule has 0 aromatic carbocycles. The molecule has 0 unspecified atom stereocenters. The van der Waals surface area contributed by atoms with Crippen LogP contribution in [-0.4, -0.2) is 11.6 Å². The number of amides is 1. The van der Waals surface area contributed by atoms with Crippen LogP contribution in [0.15, 0.2) is 17.2 Å². The zero-order valence-electron chi connectivity index (χ0n) is 7.33. The highest BCUT2D eigenvalue weighted by molar-refractivity contribution is 7.14. The van der Waals surface area contributed by atoms with E-state index >= 15 is 0 Å². The minimum atomic E-state index is -0.0125. The number of nitrogens with zero attached hydrogens (tertiary/aromatic N) is 1. The number of hydrogen-bond acceptors (Lipinski definition) is 3. The van der Waals surface area contributed by atoms with E-state index in [0.717, 1.165) is 17.0 Å². The molecule has 0 saturated heterocycles. The van der Waals surface area contributed by atoms with Crippen molar-refractivity contribution in [3.63, 3.8) is 0 Å². The molecule has 3 nitrogen and oxygen atoms in total. The summed E-state index contributed by atoms with van der Waals surface area (Å²) in [7, 11) is 0. The summed E-state index contributed by atoms with van der Waals surface area (Å²) in [6, 6.07) is 4.12. The Hall–Kier alpha value is -1.16. The first-order valence-electron chi connectivity index (χ1n) is 4.24. The second kappa shape index (κ2) is 3.30. The van der Waals surface area contributed by atoms with E-state index in [0.29, 0.717) is 6.42 Å². The largest absolute Gasteiger partial charge is 0.273 e. The second-order valence-corrected chi connectivity index (χ2v) is 4.06. The van der Waals surface area contributed by atoms with Crippen molar-refractivity contribution in [1.29, 1.82) is 0 Å². The van der Waals surface area contributed by atoms with Gasteiger partial charge in [0.25, 0.3) is 0 Å². The van der Waals surface area contributed by atoms with Crippen molar-refractivity contribution in [2.24, 2.45) is 5.10 Å². The Bertz CT molecular complexity index is 367. The van der Waals surface area contributed by atoms with Gasteiger partial charge in [0, 0.05) is 4.88 Å². The fourth-order valence-electron chi connectivity index (χ4n) is 1.23. The third-order valence-electron chi connectivity index (χ3n) is 1.94. The van der Waals surface area contributed by atoms with Gasteiger partial charge in [-0.2, -0.15) is 5.10 Å². The molecule has 1 aliphatic rings. The van der Waals surface area contributed by atoms with Crippen molar-refractivity contribution >= 4 is 23.0 Å². The Kier molecular flexibility index (Phi) is 2.14. The van der Waals surface area contributed by atoms with E-state index in [-0.39, 0.29) is 5.91 Å². The minimum absolute atomic E-state index is 0.0125. The van der Waals surface area contributed by atoms with Gasteiger partial charge in [0.15, 0.2) is 0 Å². The molecule has 0 bridgehead atoms. The number of carbonyl (C=O) groups excluding carboxylic acids is 1. The van der Waals surface area contributed by atoms with Crippen LogP contribution in [-0.2, 0) is 11.2 Å². The molecule has 2 rings (SSSR count). The fourth-order valence-corrected chi connectivity index (χ4v) is 2.16. The van der Waals surface area contributed by atoms with Crippen LogP contribution in [0.4, 0.5) is 0 Å². The lowest BCUT2D eigenvalue weighted by Gasteiger charge is -1.89. The molecule has 1 aromatic rings. The van der Waals surface area contributed by atoms with Crippen molar-refractivity contribution < 1.29 is 4.79 Å². The van der Waals surface area contributed by atoms with E-state index in [9.17, 15) is 4.79 Å². The standard InChI is InChI=1S/C9H10N2OS/c1-2-6-3-4-8(13-6)7-5-9(12)11-10-7/h3-4H,2,5H2,1H3,(H,11,12). The Morgan fingerprint density at radius 3 is 3.00 bits per heavy atom. The lowest BCUT2D eigenvalue weighted by molar-refractivity contribution is -0.119. The zero-order chi connectivity index (χ0) is 9.26. The van der Waals surface area contributed by atoms with Gasteiger partial charge >= 0.3 is 0 Å². The van der Waals surface area contributed by atoms with Crippen molar-refractivity contribution in [3.8, 4) is 0 Å². The van der Waals surface area contributed by atoms with Crippen LogP contribution in [0.25, 0.3) is 0 Å². The molecule has 0 radical (unpaired) electrons. The normalized spacial score (nSPS) is 15.8. The predicted molar refractivity (Wildman–Crippen MR) is 53.0 cm³/mol. The van der Waals surface area contributed by atoms with E-state index in [4.69, 9.17) is 0 Å². The van der Waals surface area contributed by atoms with E-state index in [1.165, 1.54) is 4.88 Å². The van der Waals surface area contributed by atoms with Crippen LogP contribution < -0.4 is 5.43 Å². The van der Waals surface area contributed by atoms with Gasteiger partial charge in [-0.1, -0.05) is 6.92 Å². The summed E-state index contributed by atoms with van der Waals surface area (Å²) in [5.41, 5.74) is 3.32. The molecule has 4 heteroatoms. The number of aryl methyl sites for hydroxylation is 1. The maximum absolute atomic E-state index is 10.9. The molecule has 0 fully saturated rings. The SMILES string of the molecule is CCc1ccc(C2=NNC(=O)C2)s1. The summed E-state index contributed by atoms with van der Waals surface area (Å²) in [5, 5.41) is 3.96. The molecule has 0 saturated carbocycles. The molecule has 0 atom stereocenters. The summed E-state index contributed by atoms with van der Waals surface area (Å²) in [6.45, 7) is 2.12. The summed E-state index contributed by atoms with van der Waals surface area (Å²) < 4.78 is 0. The van der Waals surface area contributed by atoms with E-state index in [2.05, 4.69) is 23.5 Å². The van der Waals surface area contributed by atoms with Gasteiger partial charge in [-0.15, -0.1) is 11.3 Å². The topological polar surface area (TPSA) is 41.5 Å². The van der Waals surface area contributed by atoms with E-state index in [1.807, 2.05) is 6.07 Å². The molecule has 13 heavy (non-hydrogen) atoms. The van der Waals surface area contributed by atoms with Crippen molar-refractivity contribution in [1.82, 2.24) is 5.43 Å².